The molecule has 27 heavy (non-hydrogen) atoms. The van der Waals surface area contributed by atoms with Crippen molar-refractivity contribution in [3.63, 3.8) is 0 Å². The van der Waals surface area contributed by atoms with E-state index in [9.17, 15) is 9.59 Å². The summed E-state index contributed by atoms with van der Waals surface area (Å²) in [5.41, 5.74) is 0.884. The lowest BCUT2D eigenvalue weighted by Crippen LogP contribution is -2.44. The SMILES string of the molecule is COc1ccc(OCCNC(=O)C(=O)N(CCO)Cc2ccccc2)cc1. The van der Waals surface area contributed by atoms with E-state index in [0.29, 0.717) is 5.75 Å². The minimum absolute atomic E-state index is 0.0868. The molecule has 0 fully saturated rings. The van der Waals surface area contributed by atoms with Gasteiger partial charge in [-0.25, -0.2) is 0 Å². The first kappa shape index (κ1) is 20.3. The molecule has 0 unspecified atom stereocenters. The second kappa shape index (κ2) is 10.8. The Labute approximate surface area is 158 Å². The Balaban J connectivity index is 1.79. The van der Waals surface area contributed by atoms with Gasteiger partial charge in [0.2, 0.25) is 0 Å². The summed E-state index contributed by atoms with van der Waals surface area (Å²) in [5, 5.41) is 11.7. The van der Waals surface area contributed by atoms with Gasteiger partial charge in [-0.05, 0) is 29.8 Å². The average Bonchev–Trinajstić information content (AvgIpc) is 2.71. The molecule has 0 spiro atoms. The molecule has 7 heteroatoms. The lowest BCUT2D eigenvalue weighted by atomic mass is 10.2. The van der Waals surface area contributed by atoms with E-state index >= 15 is 0 Å². The van der Waals surface area contributed by atoms with Gasteiger partial charge < -0.3 is 24.8 Å². The highest BCUT2D eigenvalue weighted by Crippen LogP contribution is 2.16. The number of hydrogen-bond donors (Lipinski definition) is 2. The van der Waals surface area contributed by atoms with Gasteiger partial charge in [0, 0.05) is 13.1 Å². The molecule has 0 bridgehead atoms. The van der Waals surface area contributed by atoms with Crippen LogP contribution in [-0.2, 0) is 16.1 Å². The highest BCUT2D eigenvalue weighted by molar-refractivity contribution is 6.34. The van der Waals surface area contributed by atoms with E-state index < -0.39 is 11.8 Å². The van der Waals surface area contributed by atoms with Gasteiger partial charge in [-0.15, -0.1) is 0 Å². The summed E-state index contributed by atoms with van der Waals surface area (Å²) in [7, 11) is 1.58. The molecule has 2 amide bonds. The zero-order valence-corrected chi connectivity index (χ0v) is 15.3. The number of aliphatic hydroxyl groups is 1. The summed E-state index contributed by atoms with van der Waals surface area (Å²) >= 11 is 0. The molecule has 2 aromatic rings. The summed E-state index contributed by atoms with van der Waals surface area (Å²) < 4.78 is 10.6. The quantitative estimate of drug-likeness (QED) is 0.510. The van der Waals surface area contributed by atoms with Crippen molar-refractivity contribution in [3.8, 4) is 11.5 Å². The molecule has 0 saturated carbocycles. The molecule has 0 aliphatic heterocycles. The van der Waals surface area contributed by atoms with Crippen LogP contribution in [0.3, 0.4) is 0 Å². The van der Waals surface area contributed by atoms with E-state index in [1.807, 2.05) is 30.3 Å². The zero-order valence-electron chi connectivity index (χ0n) is 15.3. The number of nitrogens with one attached hydrogen (secondary N) is 1. The normalized spacial score (nSPS) is 10.1. The summed E-state index contributed by atoms with van der Waals surface area (Å²) in [4.78, 5) is 25.7. The molecule has 0 heterocycles. The van der Waals surface area contributed by atoms with Crippen LogP contribution in [-0.4, -0.2) is 55.2 Å². The summed E-state index contributed by atoms with van der Waals surface area (Å²) in [6.07, 6.45) is 0. The van der Waals surface area contributed by atoms with Crippen molar-refractivity contribution in [3.05, 3.63) is 60.2 Å². The topological polar surface area (TPSA) is 88.1 Å². The molecular weight excluding hydrogens is 348 g/mol. The van der Waals surface area contributed by atoms with Gasteiger partial charge in [-0.1, -0.05) is 30.3 Å². The minimum atomic E-state index is -0.724. The average molecular weight is 372 g/mol. The van der Waals surface area contributed by atoms with E-state index in [0.717, 1.165) is 11.3 Å². The number of benzene rings is 2. The number of aliphatic hydroxyl groups excluding tert-OH is 1. The fourth-order valence-corrected chi connectivity index (χ4v) is 2.40. The van der Waals surface area contributed by atoms with Gasteiger partial charge in [-0.3, -0.25) is 9.59 Å². The standard InChI is InChI=1S/C20H24N2O5/c1-26-17-7-9-18(10-8-17)27-14-11-21-19(24)20(25)22(12-13-23)15-16-5-3-2-4-6-16/h2-10,23H,11-15H2,1H3,(H,21,24). The molecule has 0 aromatic heterocycles. The van der Waals surface area contributed by atoms with Crippen LogP contribution in [0.25, 0.3) is 0 Å². The predicted octanol–water partition coefficient (Wildman–Crippen LogP) is 1.21. The predicted molar refractivity (Wildman–Crippen MR) is 100 cm³/mol. The number of hydrogen-bond acceptors (Lipinski definition) is 5. The van der Waals surface area contributed by atoms with Crippen molar-refractivity contribution in [2.45, 2.75) is 6.54 Å². The number of carbonyl (C=O) groups is 2. The Morgan fingerprint density at radius 3 is 2.33 bits per heavy atom. The third-order valence-corrected chi connectivity index (χ3v) is 3.78. The lowest BCUT2D eigenvalue weighted by Gasteiger charge is -2.21. The highest BCUT2D eigenvalue weighted by Gasteiger charge is 2.21. The van der Waals surface area contributed by atoms with Crippen molar-refractivity contribution in [2.24, 2.45) is 0 Å². The second-order valence-corrected chi connectivity index (χ2v) is 5.72. The summed E-state index contributed by atoms with van der Waals surface area (Å²) in [5.74, 6) is -0.0407. The summed E-state index contributed by atoms with van der Waals surface area (Å²) in [6, 6.07) is 16.4. The first-order valence-electron chi connectivity index (χ1n) is 8.62. The first-order valence-corrected chi connectivity index (χ1v) is 8.62. The monoisotopic (exact) mass is 372 g/mol. The maximum atomic E-state index is 12.3. The van der Waals surface area contributed by atoms with Gasteiger partial charge in [0.1, 0.15) is 18.1 Å². The van der Waals surface area contributed by atoms with Gasteiger partial charge in [0.05, 0.1) is 20.3 Å². The van der Waals surface area contributed by atoms with Crippen LogP contribution < -0.4 is 14.8 Å². The Morgan fingerprint density at radius 2 is 1.70 bits per heavy atom. The van der Waals surface area contributed by atoms with Crippen molar-refractivity contribution < 1.29 is 24.2 Å². The largest absolute Gasteiger partial charge is 0.497 e. The third-order valence-electron chi connectivity index (χ3n) is 3.78. The minimum Gasteiger partial charge on any atom is -0.497 e. The van der Waals surface area contributed by atoms with E-state index in [-0.39, 0.29) is 32.8 Å². The first-order chi connectivity index (χ1) is 13.1. The maximum Gasteiger partial charge on any atom is 0.312 e. The van der Waals surface area contributed by atoms with Crippen LogP contribution in [0.5, 0.6) is 11.5 Å². The zero-order chi connectivity index (χ0) is 19.5. The fourth-order valence-electron chi connectivity index (χ4n) is 2.40. The maximum absolute atomic E-state index is 12.3. The van der Waals surface area contributed by atoms with Crippen molar-refractivity contribution in [2.75, 3.05) is 33.4 Å². The molecule has 0 radical (unpaired) electrons. The van der Waals surface area contributed by atoms with Gasteiger partial charge in [0.25, 0.3) is 0 Å². The van der Waals surface area contributed by atoms with Crippen LogP contribution in [0, 0.1) is 0 Å². The molecule has 2 N–H and O–H groups in total. The molecule has 2 rings (SSSR count). The van der Waals surface area contributed by atoms with E-state index in [4.69, 9.17) is 14.6 Å². The molecule has 0 aliphatic carbocycles. The molecule has 2 aromatic carbocycles. The van der Waals surface area contributed by atoms with Crippen LogP contribution in [0.15, 0.2) is 54.6 Å². The number of amides is 2. The number of carbonyl (C=O) groups excluding carboxylic acids is 2. The molecule has 0 aliphatic rings. The fraction of sp³-hybridized carbons (Fsp3) is 0.300. The Kier molecular flexibility index (Phi) is 8.12. The summed E-state index contributed by atoms with van der Waals surface area (Å²) in [6.45, 7) is 0.546. The molecule has 7 nitrogen and oxygen atoms in total. The Morgan fingerprint density at radius 1 is 1.04 bits per heavy atom. The van der Waals surface area contributed by atoms with Crippen molar-refractivity contribution >= 4 is 11.8 Å². The lowest BCUT2D eigenvalue weighted by molar-refractivity contribution is -0.146. The highest BCUT2D eigenvalue weighted by atomic mass is 16.5. The Hall–Kier alpha value is -3.06. The molecule has 144 valence electrons. The van der Waals surface area contributed by atoms with E-state index in [2.05, 4.69) is 5.32 Å². The van der Waals surface area contributed by atoms with Crippen molar-refractivity contribution in [1.29, 1.82) is 0 Å². The van der Waals surface area contributed by atoms with Crippen LogP contribution in [0.4, 0.5) is 0 Å². The van der Waals surface area contributed by atoms with Crippen molar-refractivity contribution in [1.82, 2.24) is 10.2 Å². The van der Waals surface area contributed by atoms with Gasteiger partial charge in [-0.2, -0.15) is 0 Å². The number of nitrogens with zero attached hydrogens (tertiary/aromatic N) is 1. The molecular formula is C20H24N2O5. The van der Waals surface area contributed by atoms with Gasteiger partial charge >= 0.3 is 11.8 Å². The van der Waals surface area contributed by atoms with Crippen LogP contribution in [0.1, 0.15) is 5.56 Å². The number of ether oxygens (including phenoxy) is 2. The van der Waals surface area contributed by atoms with Crippen LogP contribution in [0.2, 0.25) is 0 Å². The van der Waals surface area contributed by atoms with E-state index in [1.54, 1.807) is 31.4 Å². The molecule has 0 atom stereocenters. The Bertz CT molecular complexity index is 719. The van der Waals surface area contributed by atoms with E-state index in [1.165, 1.54) is 4.90 Å². The second-order valence-electron chi connectivity index (χ2n) is 5.72. The number of rotatable bonds is 9. The van der Waals surface area contributed by atoms with Crippen LogP contribution >= 0.6 is 0 Å². The molecule has 0 saturated heterocycles. The number of methoxy groups -OCH3 is 1. The smallest absolute Gasteiger partial charge is 0.312 e. The van der Waals surface area contributed by atoms with Gasteiger partial charge in [0.15, 0.2) is 0 Å². The third kappa shape index (κ3) is 6.63.